The Morgan fingerprint density at radius 3 is 2.50 bits per heavy atom. The summed E-state index contributed by atoms with van der Waals surface area (Å²) >= 11 is 0. The Bertz CT molecular complexity index is 265. The van der Waals surface area contributed by atoms with Gasteiger partial charge in [-0.05, 0) is 0 Å². The molecule has 0 aliphatic carbocycles. The second kappa shape index (κ2) is 2.90. The van der Waals surface area contributed by atoms with Gasteiger partial charge in [-0.2, -0.15) is 0 Å². The van der Waals surface area contributed by atoms with E-state index in [0.29, 0.717) is 0 Å². The van der Waals surface area contributed by atoms with E-state index in [1.54, 1.807) is 0 Å². The Balaban J connectivity index is 2.65. The fraction of sp³-hybridized carbons (Fsp3) is 1.00. The second-order valence-electron chi connectivity index (χ2n) is 2.92. The number of hydrogen-bond donors (Lipinski definition) is 2. The lowest BCUT2D eigenvalue weighted by atomic mass is 10.1. The van der Waals surface area contributed by atoms with Crippen LogP contribution >= 0.6 is 0 Å². The third kappa shape index (κ3) is 2.36. The van der Waals surface area contributed by atoms with E-state index in [2.05, 4.69) is 10.5 Å². The summed E-state index contributed by atoms with van der Waals surface area (Å²) in [4.78, 5) is 0. The third-order valence-corrected chi connectivity index (χ3v) is 2.65. The maximum Gasteiger partial charge on any atom is 0.265 e. The molecule has 1 aliphatic rings. The van der Waals surface area contributed by atoms with Gasteiger partial charge >= 0.3 is 0 Å². The van der Waals surface area contributed by atoms with Crippen LogP contribution in [0.4, 0.5) is 8.78 Å². The Kier molecular flexibility index (Phi) is 2.37. The standard InChI is InChI=1S/C5H10F2N2O2S/c6-5(7)3-9-1-4(5)2-12(8,10)11/h4,9H,1-3H2,(H2,8,10,11). The summed E-state index contributed by atoms with van der Waals surface area (Å²) in [5.74, 6) is -4.80. The lowest BCUT2D eigenvalue weighted by Crippen LogP contribution is -2.34. The van der Waals surface area contributed by atoms with E-state index in [1.807, 2.05) is 0 Å². The van der Waals surface area contributed by atoms with Crippen LogP contribution in [0.1, 0.15) is 0 Å². The molecule has 1 rings (SSSR count). The predicted octanol–water partition coefficient (Wildman–Crippen LogP) is -0.870. The van der Waals surface area contributed by atoms with Crippen LogP contribution in [0.25, 0.3) is 0 Å². The van der Waals surface area contributed by atoms with Crippen molar-refractivity contribution in [3.63, 3.8) is 0 Å². The smallest absolute Gasteiger partial charge is 0.265 e. The van der Waals surface area contributed by atoms with Gasteiger partial charge in [0.1, 0.15) is 0 Å². The second-order valence-corrected chi connectivity index (χ2v) is 4.58. The van der Waals surface area contributed by atoms with E-state index < -0.39 is 34.2 Å². The predicted molar refractivity (Wildman–Crippen MR) is 39.3 cm³/mol. The Morgan fingerprint density at radius 1 is 1.58 bits per heavy atom. The van der Waals surface area contributed by atoms with Crippen molar-refractivity contribution in [2.45, 2.75) is 5.92 Å². The molecule has 3 N–H and O–H groups in total. The van der Waals surface area contributed by atoms with Crippen LogP contribution < -0.4 is 10.5 Å². The first-order chi connectivity index (χ1) is 5.31. The van der Waals surface area contributed by atoms with E-state index in [4.69, 9.17) is 0 Å². The summed E-state index contributed by atoms with van der Waals surface area (Å²) < 4.78 is 46.5. The molecule has 0 aromatic carbocycles. The highest BCUT2D eigenvalue weighted by Crippen LogP contribution is 2.28. The molecule has 0 spiro atoms. The molecule has 0 amide bonds. The molecule has 7 heteroatoms. The number of sulfonamides is 1. The van der Waals surface area contributed by atoms with Crippen molar-refractivity contribution < 1.29 is 17.2 Å². The summed E-state index contributed by atoms with van der Waals surface area (Å²) in [6, 6.07) is 0. The fourth-order valence-electron chi connectivity index (χ4n) is 1.17. The molecule has 0 bridgehead atoms. The SMILES string of the molecule is NS(=O)(=O)CC1CNCC1(F)F. The number of primary sulfonamides is 1. The average Bonchev–Trinajstić information content (AvgIpc) is 2.07. The van der Waals surface area contributed by atoms with Gasteiger partial charge in [-0.15, -0.1) is 0 Å². The van der Waals surface area contributed by atoms with Crippen molar-refractivity contribution >= 4 is 10.0 Å². The Morgan fingerprint density at radius 2 is 2.17 bits per heavy atom. The minimum Gasteiger partial charge on any atom is -0.311 e. The molecule has 0 aromatic rings. The molecule has 0 radical (unpaired) electrons. The number of halogens is 2. The minimum absolute atomic E-state index is 0.00340. The van der Waals surface area contributed by atoms with Crippen molar-refractivity contribution in [2.24, 2.45) is 11.1 Å². The van der Waals surface area contributed by atoms with Gasteiger partial charge in [-0.25, -0.2) is 22.3 Å². The van der Waals surface area contributed by atoms with E-state index in [-0.39, 0.29) is 6.54 Å². The van der Waals surface area contributed by atoms with E-state index in [1.165, 1.54) is 0 Å². The first-order valence-corrected chi connectivity index (χ1v) is 5.12. The van der Waals surface area contributed by atoms with Crippen LogP contribution in [0.3, 0.4) is 0 Å². The third-order valence-electron chi connectivity index (χ3n) is 1.78. The quantitative estimate of drug-likeness (QED) is 0.608. The maximum atomic E-state index is 12.8. The van der Waals surface area contributed by atoms with Gasteiger partial charge in [0.25, 0.3) is 5.92 Å². The normalized spacial score (nSPS) is 29.1. The molecule has 1 aliphatic heterocycles. The Labute approximate surface area is 69.2 Å². The summed E-state index contributed by atoms with van der Waals surface area (Å²) in [5.41, 5.74) is 0. The zero-order chi connectivity index (χ0) is 9.41. The molecule has 1 fully saturated rings. The first kappa shape index (κ1) is 9.82. The Hall–Kier alpha value is -0.270. The van der Waals surface area contributed by atoms with Crippen molar-refractivity contribution in [2.75, 3.05) is 18.8 Å². The van der Waals surface area contributed by atoms with E-state index >= 15 is 0 Å². The number of alkyl halides is 2. The molecule has 1 saturated heterocycles. The van der Waals surface area contributed by atoms with Gasteiger partial charge in [0.05, 0.1) is 18.2 Å². The van der Waals surface area contributed by atoms with Crippen LogP contribution in [-0.4, -0.2) is 33.2 Å². The van der Waals surface area contributed by atoms with Crippen molar-refractivity contribution in [1.82, 2.24) is 5.32 Å². The number of hydrogen-bond acceptors (Lipinski definition) is 3. The highest BCUT2D eigenvalue weighted by Gasteiger charge is 2.45. The van der Waals surface area contributed by atoms with Crippen LogP contribution in [0, 0.1) is 5.92 Å². The van der Waals surface area contributed by atoms with Gasteiger partial charge in [0.2, 0.25) is 10.0 Å². The van der Waals surface area contributed by atoms with Crippen molar-refractivity contribution in [3.05, 3.63) is 0 Å². The largest absolute Gasteiger partial charge is 0.311 e. The molecule has 72 valence electrons. The minimum atomic E-state index is -3.80. The zero-order valence-corrected chi connectivity index (χ0v) is 7.07. The topological polar surface area (TPSA) is 72.2 Å². The fourth-order valence-corrected chi connectivity index (χ4v) is 2.09. The number of nitrogens with one attached hydrogen (secondary N) is 1. The van der Waals surface area contributed by atoms with Gasteiger partial charge in [-0.1, -0.05) is 0 Å². The highest BCUT2D eigenvalue weighted by atomic mass is 32.2. The molecule has 1 heterocycles. The number of nitrogens with two attached hydrogens (primary N) is 1. The van der Waals surface area contributed by atoms with Gasteiger partial charge in [-0.3, -0.25) is 0 Å². The van der Waals surface area contributed by atoms with Crippen LogP contribution in [0.5, 0.6) is 0 Å². The van der Waals surface area contributed by atoms with Crippen LogP contribution in [0.15, 0.2) is 0 Å². The summed E-state index contributed by atoms with van der Waals surface area (Å²) in [5, 5.41) is 7.06. The van der Waals surface area contributed by atoms with Gasteiger partial charge in [0, 0.05) is 6.54 Å². The van der Waals surface area contributed by atoms with Crippen molar-refractivity contribution in [1.29, 1.82) is 0 Å². The summed E-state index contributed by atoms with van der Waals surface area (Å²) in [6.07, 6.45) is 0. The molecule has 4 nitrogen and oxygen atoms in total. The molecule has 1 unspecified atom stereocenters. The zero-order valence-electron chi connectivity index (χ0n) is 6.26. The lowest BCUT2D eigenvalue weighted by molar-refractivity contribution is -0.0137. The molecule has 0 saturated carbocycles. The van der Waals surface area contributed by atoms with E-state index in [9.17, 15) is 17.2 Å². The summed E-state index contributed by atoms with van der Waals surface area (Å²) in [7, 11) is -3.80. The summed E-state index contributed by atoms with van der Waals surface area (Å²) in [6.45, 7) is -0.462. The molecule has 0 aromatic heterocycles. The van der Waals surface area contributed by atoms with Crippen molar-refractivity contribution in [3.8, 4) is 0 Å². The molecular formula is C5H10F2N2O2S. The number of rotatable bonds is 2. The average molecular weight is 200 g/mol. The molecule has 1 atom stereocenters. The van der Waals surface area contributed by atoms with E-state index in [0.717, 1.165) is 0 Å². The monoisotopic (exact) mass is 200 g/mol. The maximum absolute atomic E-state index is 12.8. The van der Waals surface area contributed by atoms with Crippen LogP contribution in [0.2, 0.25) is 0 Å². The first-order valence-electron chi connectivity index (χ1n) is 3.40. The lowest BCUT2D eigenvalue weighted by Gasteiger charge is -2.15. The van der Waals surface area contributed by atoms with Crippen LogP contribution in [-0.2, 0) is 10.0 Å². The van der Waals surface area contributed by atoms with Gasteiger partial charge < -0.3 is 5.32 Å². The highest BCUT2D eigenvalue weighted by molar-refractivity contribution is 7.89. The molecular weight excluding hydrogens is 190 g/mol. The van der Waals surface area contributed by atoms with Gasteiger partial charge in [0.15, 0.2) is 0 Å². The molecule has 12 heavy (non-hydrogen) atoms.